The number of imidazole rings is 1. The summed E-state index contributed by atoms with van der Waals surface area (Å²) in [6, 6.07) is 8.16. The van der Waals surface area contributed by atoms with Crippen LogP contribution in [0.25, 0.3) is 0 Å². The number of nitrogens with zero attached hydrogens (tertiary/aromatic N) is 3. The lowest BCUT2D eigenvalue weighted by Crippen LogP contribution is -2.38. The van der Waals surface area contributed by atoms with Gasteiger partial charge in [0.1, 0.15) is 5.75 Å². The van der Waals surface area contributed by atoms with Crippen LogP contribution >= 0.6 is 11.8 Å². The normalized spacial score (nSPS) is 12.2. The number of nitrogens with one attached hydrogen (secondary N) is 1. The number of rotatable bonds is 10. The molecular formula is C19H28N4O2S. The Morgan fingerprint density at radius 2 is 2.15 bits per heavy atom. The number of aryl methyl sites for hydroxylation is 1. The zero-order valence-electron chi connectivity index (χ0n) is 15.9. The van der Waals surface area contributed by atoms with E-state index in [-0.39, 0.29) is 11.9 Å². The highest BCUT2D eigenvalue weighted by Crippen LogP contribution is 2.24. The zero-order chi connectivity index (χ0) is 18.9. The Labute approximate surface area is 159 Å². The van der Waals surface area contributed by atoms with Crippen LogP contribution in [0.3, 0.4) is 0 Å². The first-order chi connectivity index (χ1) is 12.6. The van der Waals surface area contributed by atoms with Crippen LogP contribution in [0, 0.1) is 0 Å². The molecule has 1 atom stereocenters. The Morgan fingerprint density at radius 3 is 2.77 bits per heavy atom. The van der Waals surface area contributed by atoms with E-state index in [9.17, 15) is 4.79 Å². The largest absolute Gasteiger partial charge is 0.497 e. The van der Waals surface area contributed by atoms with Gasteiger partial charge < -0.3 is 14.6 Å². The summed E-state index contributed by atoms with van der Waals surface area (Å²) >= 11 is 1.44. The lowest BCUT2D eigenvalue weighted by atomic mass is 10.0. The van der Waals surface area contributed by atoms with E-state index in [1.165, 1.54) is 11.8 Å². The third kappa shape index (κ3) is 5.51. The van der Waals surface area contributed by atoms with Crippen LogP contribution in [-0.4, -0.2) is 52.9 Å². The predicted molar refractivity (Wildman–Crippen MR) is 106 cm³/mol. The van der Waals surface area contributed by atoms with Crippen molar-refractivity contribution >= 4 is 17.7 Å². The first-order valence-electron chi connectivity index (χ1n) is 8.83. The van der Waals surface area contributed by atoms with Gasteiger partial charge in [0.15, 0.2) is 5.16 Å². The smallest absolute Gasteiger partial charge is 0.230 e. The number of hydrogen-bond donors (Lipinski definition) is 1. The van der Waals surface area contributed by atoms with E-state index in [2.05, 4.69) is 35.1 Å². The van der Waals surface area contributed by atoms with Gasteiger partial charge in [-0.2, -0.15) is 0 Å². The molecule has 2 rings (SSSR count). The molecule has 0 radical (unpaired) electrons. The van der Waals surface area contributed by atoms with Crippen molar-refractivity contribution in [1.29, 1.82) is 0 Å². The minimum absolute atomic E-state index is 0.0121. The second kappa shape index (κ2) is 10.2. The lowest BCUT2D eigenvalue weighted by Gasteiger charge is -2.30. The van der Waals surface area contributed by atoms with E-state index in [1.54, 1.807) is 13.3 Å². The van der Waals surface area contributed by atoms with Crippen molar-refractivity contribution in [3.63, 3.8) is 0 Å². The van der Waals surface area contributed by atoms with Gasteiger partial charge in [0.25, 0.3) is 0 Å². The van der Waals surface area contributed by atoms with Crippen LogP contribution in [-0.2, 0) is 11.8 Å². The summed E-state index contributed by atoms with van der Waals surface area (Å²) in [5.74, 6) is 1.20. The molecule has 7 heteroatoms. The number of amides is 1. The van der Waals surface area contributed by atoms with Crippen molar-refractivity contribution in [3.8, 4) is 5.75 Å². The minimum Gasteiger partial charge on any atom is -0.497 e. The molecule has 1 aromatic carbocycles. The van der Waals surface area contributed by atoms with Gasteiger partial charge in [0.2, 0.25) is 5.91 Å². The second-order valence-electron chi connectivity index (χ2n) is 5.93. The van der Waals surface area contributed by atoms with Crippen LogP contribution in [0.4, 0.5) is 0 Å². The molecule has 1 N–H and O–H groups in total. The van der Waals surface area contributed by atoms with E-state index >= 15 is 0 Å². The molecule has 0 bridgehead atoms. The van der Waals surface area contributed by atoms with Crippen molar-refractivity contribution in [1.82, 2.24) is 19.8 Å². The van der Waals surface area contributed by atoms with E-state index in [1.807, 2.05) is 36.0 Å². The predicted octanol–water partition coefficient (Wildman–Crippen LogP) is 2.72. The fraction of sp³-hybridized carbons (Fsp3) is 0.474. The third-order valence-electron chi connectivity index (χ3n) is 4.33. The van der Waals surface area contributed by atoms with Crippen molar-refractivity contribution in [2.75, 3.05) is 32.5 Å². The van der Waals surface area contributed by atoms with Gasteiger partial charge in [-0.25, -0.2) is 4.98 Å². The molecule has 0 spiro atoms. The summed E-state index contributed by atoms with van der Waals surface area (Å²) in [6.07, 6.45) is 3.61. The summed E-state index contributed by atoms with van der Waals surface area (Å²) < 4.78 is 7.26. The Morgan fingerprint density at radius 1 is 1.38 bits per heavy atom. The molecule has 0 saturated heterocycles. The number of methoxy groups -OCH3 is 1. The average molecular weight is 377 g/mol. The zero-order valence-corrected chi connectivity index (χ0v) is 16.8. The topological polar surface area (TPSA) is 59.4 Å². The fourth-order valence-corrected chi connectivity index (χ4v) is 3.62. The Kier molecular flexibility index (Phi) is 8.00. The van der Waals surface area contributed by atoms with Crippen LogP contribution < -0.4 is 10.1 Å². The standard InChI is InChI=1S/C19H28N4O2S/c1-5-23(6-2)17(15-8-7-9-16(12-15)25-4)13-21-18(24)14-26-19-20-10-11-22(19)3/h7-12,17H,5-6,13-14H2,1-4H3,(H,21,24)/t17-/m1/s1. The molecule has 142 valence electrons. The van der Waals surface area contributed by atoms with E-state index < -0.39 is 0 Å². The molecular weight excluding hydrogens is 348 g/mol. The van der Waals surface area contributed by atoms with Crippen molar-refractivity contribution in [2.45, 2.75) is 25.0 Å². The van der Waals surface area contributed by atoms with E-state index in [4.69, 9.17) is 4.74 Å². The quantitative estimate of drug-likeness (QED) is 0.646. The molecule has 0 saturated carbocycles. The van der Waals surface area contributed by atoms with Crippen LogP contribution in [0.2, 0.25) is 0 Å². The number of aromatic nitrogens is 2. The van der Waals surface area contributed by atoms with Crippen molar-refractivity contribution in [2.24, 2.45) is 7.05 Å². The number of benzene rings is 1. The Hall–Kier alpha value is -1.99. The van der Waals surface area contributed by atoms with E-state index in [0.29, 0.717) is 12.3 Å². The summed E-state index contributed by atoms with van der Waals surface area (Å²) in [4.78, 5) is 18.9. The lowest BCUT2D eigenvalue weighted by molar-refractivity contribution is -0.118. The number of thioether (sulfide) groups is 1. The highest BCUT2D eigenvalue weighted by atomic mass is 32.2. The highest BCUT2D eigenvalue weighted by molar-refractivity contribution is 7.99. The fourth-order valence-electron chi connectivity index (χ4n) is 2.85. The van der Waals surface area contributed by atoms with Gasteiger partial charge >= 0.3 is 0 Å². The molecule has 0 aliphatic carbocycles. The van der Waals surface area contributed by atoms with Gasteiger partial charge in [-0.3, -0.25) is 9.69 Å². The molecule has 26 heavy (non-hydrogen) atoms. The second-order valence-corrected chi connectivity index (χ2v) is 6.87. The molecule has 2 aromatic rings. The minimum atomic E-state index is 0.0121. The molecule has 0 aliphatic rings. The number of hydrogen-bond acceptors (Lipinski definition) is 5. The molecule has 0 fully saturated rings. The molecule has 1 aromatic heterocycles. The van der Waals surface area contributed by atoms with Crippen molar-refractivity contribution < 1.29 is 9.53 Å². The first-order valence-corrected chi connectivity index (χ1v) is 9.82. The summed E-state index contributed by atoms with van der Waals surface area (Å²) in [5.41, 5.74) is 1.14. The molecule has 1 amide bonds. The summed E-state index contributed by atoms with van der Waals surface area (Å²) in [6.45, 7) is 6.66. The van der Waals surface area contributed by atoms with Crippen LogP contribution in [0.1, 0.15) is 25.5 Å². The van der Waals surface area contributed by atoms with E-state index in [0.717, 1.165) is 29.6 Å². The van der Waals surface area contributed by atoms with Gasteiger partial charge in [0.05, 0.1) is 18.9 Å². The molecule has 1 heterocycles. The SMILES string of the molecule is CCN(CC)[C@H](CNC(=O)CSc1nccn1C)c1cccc(OC)c1. The van der Waals surface area contributed by atoms with Gasteiger partial charge in [-0.1, -0.05) is 37.7 Å². The Balaban J connectivity index is 1.99. The maximum absolute atomic E-state index is 12.3. The van der Waals surface area contributed by atoms with Gasteiger partial charge in [0, 0.05) is 26.0 Å². The van der Waals surface area contributed by atoms with Crippen molar-refractivity contribution in [3.05, 3.63) is 42.2 Å². The number of carbonyl (C=O) groups excluding carboxylic acids is 1. The number of likely N-dealkylation sites (N-methyl/N-ethyl adjacent to an activating group) is 1. The first kappa shape index (κ1) is 20.3. The third-order valence-corrected chi connectivity index (χ3v) is 5.39. The maximum Gasteiger partial charge on any atom is 0.230 e. The number of carbonyl (C=O) groups is 1. The molecule has 0 unspecified atom stereocenters. The maximum atomic E-state index is 12.3. The Bertz CT molecular complexity index is 700. The van der Waals surface area contributed by atoms with Crippen LogP contribution in [0.5, 0.6) is 5.75 Å². The highest BCUT2D eigenvalue weighted by Gasteiger charge is 2.19. The molecule has 0 aliphatic heterocycles. The summed E-state index contributed by atoms with van der Waals surface area (Å²) in [7, 11) is 3.59. The van der Waals surface area contributed by atoms with Gasteiger partial charge in [-0.15, -0.1) is 0 Å². The number of ether oxygens (including phenoxy) is 1. The monoisotopic (exact) mass is 376 g/mol. The molecule has 6 nitrogen and oxygen atoms in total. The van der Waals surface area contributed by atoms with Crippen LogP contribution in [0.15, 0.2) is 41.8 Å². The average Bonchev–Trinajstić information content (AvgIpc) is 3.08. The summed E-state index contributed by atoms with van der Waals surface area (Å²) in [5, 5.41) is 3.91. The van der Waals surface area contributed by atoms with Gasteiger partial charge in [-0.05, 0) is 30.8 Å².